The number of aromatic hydroxyl groups is 2. The molecule has 0 radical (unpaired) electrons. The SMILES string of the molecule is CCNC(=O)c1c(O)c(O)c(C(=O)N(C)C)n1-c1ccc(OC)cc1. The number of amides is 2. The van der Waals surface area contributed by atoms with Crippen molar-refractivity contribution in [2.24, 2.45) is 0 Å². The Bertz CT molecular complexity index is 794. The van der Waals surface area contributed by atoms with Crippen LogP contribution in [0.4, 0.5) is 0 Å². The molecule has 1 aromatic carbocycles. The van der Waals surface area contributed by atoms with E-state index in [9.17, 15) is 19.8 Å². The average Bonchev–Trinajstić information content (AvgIpc) is 2.86. The van der Waals surface area contributed by atoms with Crippen LogP contribution in [0.2, 0.25) is 0 Å². The van der Waals surface area contributed by atoms with Gasteiger partial charge >= 0.3 is 0 Å². The van der Waals surface area contributed by atoms with E-state index < -0.39 is 23.3 Å². The summed E-state index contributed by atoms with van der Waals surface area (Å²) in [5.74, 6) is -1.87. The maximum Gasteiger partial charge on any atom is 0.274 e. The molecule has 1 aromatic heterocycles. The molecule has 0 aliphatic heterocycles. The minimum atomic E-state index is -0.646. The topological polar surface area (TPSA) is 104 Å². The van der Waals surface area contributed by atoms with Gasteiger partial charge in [0.05, 0.1) is 7.11 Å². The minimum Gasteiger partial charge on any atom is -0.503 e. The van der Waals surface area contributed by atoms with Crippen LogP contribution in [-0.4, -0.2) is 59.2 Å². The molecule has 134 valence electrons. The van der Waals surface area contributed by atoms with Crippen molar-refractivity contribution in [3.05, 3.63) is 35.7 Å². The number of methoxy groups -OCH3 is 1. The molecule has 8 nitrogen and oxygen atoms in total. The van der Waals surface area contributed by atoms with Crippen LogP contribution in [-0.2, 0) is 0 Å². The van der Waals surface area contributed by atoms with Gasteiger partial charge in [-0.25, -0.2) is 0 Å². The molecule has 0 unspecified atom stereocenters. The zero-order chi connectivity index (χ0) is 18.7. The molecule has 1 heterocycles. The number of hydrogen-bond acceptors (Lipinski definition) is 5. The van der Waals surface area contributed by atoms with E-state index in [0.29, 0.717) is 18.0 Å². The summed E-state index contributed by atoms with van der Waals surface area (Å²) in [5, 5.41) is 23.1. The highest BCUT2D eigenvalue weighted by molar-refractivity contribution is 6.04. The summed E-state index contributed by atoms with van der Waals surface area (Å²) >= 11 is 0. The second-order valence-corrected chi connectivity index (χ2v) is 5.49. The highest BCUT2D eigenvalue weighted by Crippen LogP contribution is 2.38. The quantitative estimate of drug-likeness (QED) is 0.757. The van der Waals surface area contributed by atoms with Gasteiger partial charge in [0.2, 0.25) is 0 Å². The van der Waals surface area contributed by atoms with Gasteiger partial charge in [-0.2, -0.15) is 0 Å². The van der Waals surface area contributed by atoms with Gasteiger partial charge < -0.3 is 25.2 Å². The van der Waals surface area contributed by atoms with E-state index in [-0.39, 0.29) is 11.4 Å². The summed E-state index contributed by atoms with van der Waals surface area (Å²) in [6.07, 6.45) is 0. The molecule has 0 atom stereocenters. The summed E-state index contributed by atoms with van der Waals surface area (Å²) < 4.78 is 6.34. The first-order valence-corrected chi connectivity index (χ1v) is 7.64. The van der Waals surface area contributed by atoms with Crippen molar-refractivity contribution in [3.8, 4) is 22.9 Å². The van der Waals surface area contributed by atoms with Crippen molar-refractivity contribution >= 4 is 11.8 Å². The Labute approximate surface area is 145 Å². The lowest BCUT2D eigenvalue weighted by Crippen LogP contribution is -2.28. The molecule has 0 saturated heterocycles. The molecule has 0 spiro atoms. The zero-order valence-electron chi connectivity index (χ0n) is 14.5. The monoisotopic (exact) mass is 347 g/mol. The number of ether oxygens (including phenoxy) is 1. The average molecular weight is 347 g/mol. The van der Waals surface area contributed by atoms with E-state index in [4.69, 9.17) is 4.74 Å². The van der Waals surface area contributed by atoms with Crippen LogP contribution >= 0.6 is 0 Å². The molecule has 25 heavy (non-hydrogen) atoms. The molecule has 0 aliphatic rings. The molecule has 0 saturated carbocycles. The molecule has 2 aromatic rings. The lowest BCUT2D eigenvalue weighted by molar-refractivity contribution is 0.0816. The maximum absolute atomic E-state index is 12.5. The second kappa shape index (κ2) is 7.16. The van der Waals surface area contributed by atoms with E-state index >= 15 is 0 Å². The Morgan fingerprint density at radius 2 is 1.68 bits per heavy atom. The van der Waals surface area contributed by atoms with Crippen molar-refractivity contribution in [1.82, 2.24) is 14.8 Å². The van der Waals surface area contributed by atoms with Crippen LogP contribution in [0.1, 0.15) is 27.9 Å². The van der Waals surface area contributed by atoms with Gasteiger partial charge in [0.25, 0.3) is 11.8 Å². The number of rotatable bonds is 5. The smallest absolute Gasteiger partial charge is 0.274 e. The Kier molecular flexibility index (Phi) is 5.21. The van der Waals surface area contributed by atoms with E-state index in [1.54, 1.807) is 31.2 Å². The standard InChI is InChI=1S/C17H21N3O5/c1-5-18-16(23)12-14(21)15(22)13(17(24)19(2)3)20(12)10-6-8-11(25-4)9-7-10/h6-9,21-22H,5H2,1-4H3,(H,18,23). The van der Waals surface area contributed by atoms with E-state index in [1.165, 1.54) is 30.7 Å². The molecule has 3 N–H and O–H groups in total. The highest BCUT2D eigenvalue weighted by Gasteiger charge is 2.32. The molecule has 8 heteroatoms. The first kappa shape index (κ1) is 18.2. The van der Waals surface area contributed by atoms with Gasteiger partial charge in [0.1, 0.15) is 5.75 Å². The Hall–Kier alpha value is -3.16. The molecular formula is C17H21N3O5. The third-order valence-corrected chi connectivity index (χ3v) is 3.61. The third-order valence-electron chi connectivity index (χ3n) is 3.61. The van der Waals surface area contributed by atoms with Crippen molar-refractivity contribution < 1.29 is 24.5 Å². The number of aromatic nitrogens is 1. The number of nitrogens with one attached hydrogen (secondary N) is 1. The predicted molar refractivity (Wildman–Crippen MR) is 91.7 cm³/mol. The molecule has 2 rings (SSSR count). The van der Waals surface area contributed by atoms with Crippen LogP contribution < -0.4 is 10.1 Å². The predicted octanol–water partition coefficient (Wildman–Crippen LogP) is 1.35. The van der Waals surface area contributed by atoms with Gasteiger partial charge in [-0.3, -0.25) is 14.2 Å². The van der Waals surface area contributed by atoms with Gasteiger partial charge in [0, 0.05) is 26.3 Å². The van der Waals surface area contributed by atoms with E-state index in [1.807, 2.05) is 0 Å². The summed E-state index contributed by atoms with van der Waals surface area (Å²) in [6, 6.07) is 6.53. The van der Waals surface area contributed by atoms with Gasteiger partial charge in [0.15, 0.2) is 22.9 Å². The molecule has 0 aliphatic carbocycles. The second-order valence-electron chi connectivity index (χ2n) is 5.49. The number of hydrogen-bond donors (Lipinski definition) is 3. The minimum absolute atomic E-state index is 0.200. The van der Waals surface area contributed by atoms with Crippen molar-refractivity contribution in [2.75, 3.05) is 27.7 Å². The lowest BCUT2D eigenvalue weighted by Gasteiger charge is -2.15. The van der Waals surface area contributed by atoms with Gasteiger partial charge in [-0.05, 0) is 31.2 Å². The lowest BCUT2D eigenvalue weighted by atomic mass is 10.2. The fourth-order valence-electron chi connectivity index (χ4n) is 2.40. The fourth-order valence-corrected chi connectivity index (χ4v) is 2.40. The molecule has 2 amide bonds. The molecule has 0 fully saturated rings. The summed E-state index contributed by atoms with van der Waals surface area (Å²) in [6.45, 7) is 2.05. The fraction of sp³-hybridized carbons (Fsp3) is 0.294. The normalized spacial score (nSPS) is 10.4. The molecule has 0 bridgehead atoms. The van der Waals surface area contributed by atoms with Crippen molar-refractivity contribution in [1.29, 1.82) is 0 Å². The van der Waals surface area contributed by atoms with Gasteiger partial charge in [-0.15, -0.1) is 0 Å². The number of carbonyl (C=O) groups excluding carboxylic acids is 2. The van der Waals surface area contributed by atoms with Crippen molar-refractivity contribution in [2.45, 2.75) is 6.92 Å². The van der Waals surface area contributed by atoms with Crippen LogP contribution in [0.15, 0.2) is 24.3 Å². The number of carbonyl (C=O) groups is 2. The van der Waals surface area contributed by atoms with E-state index in [2.05, 4.69) is 5.32 Å². The zero-order valence-corrected chi connectivity index (χ0v) is 14.5. The summed E-state index contributed by atoms with van der Waals surface area (Å²) in [4.78, 5) is 26.1. The van der Waals surface area contributed by atoms with Crippen LogP contribution in [0.5, 0.6) is 17.2 Å². The van der Waals surface area contributed by atoms with Crippen LogP contribution in [0.25, 0.3) is 5.69 Å². The highest BCUT2D eigenvalue weighted by atomic mass is 16.5. The van der Waals surface area contributed by atoms with Crippen LogP contribution in [0.3, 0.4) is 0 Å². The number of benzene rings is 1. The number of nitrogens with zero attached hydrogens (tertiary/aromatic N) is 2. The first-order valence-electron chi connectivity index (χ1n) is 7.64. The summed E-state index contributed by atoms with van der Waals surface area (Å²) in [7, 11) is 4.54. The summed E-state index contributed by atoms with van der Waals surface area (Å²) in [5.41, 5.74) is 0.00601. The van der Waals surface area contributed by atoms with Crippen molar-refractivity contribution in [3.63, 3.8) is 0 Å². The third kappa shape index (κ3) is 3.23. The maximum atomic E-state index is 12.5. The Morgan fingerprint density at radius 1 is 1.12 bits per heavy atom. The van der Waals surface area contributed by atoms with E-state index in [0.717, 1.165) is 0 Å². The Morgan fingerprint density at radius 3 is 2.16 bits per heavy atom. The van der Waals surface area contributed by atoms with Gasteiger partial charge in [-0.1, -0.05) is 0 Å². The first-order chi connectivity index (χ1) is 11.8. The molecular weight excluding hydrogens is 326 g/mol. The van der Waals surface area contributed by atoms with Crippen LogP contribution in [0, 0.1) is 0 Å². The Balaban J connectivity index is 2.77. The largest absolute Gasteiger partial charge is 0.503 e.